The molecule has 0 bridgehead atoms. The van der Waals surface area contributed by atoms with Crippen molar-refractivity contribution in [2.24, 2.45) is 0 Å². The van der Waals surface area contributed by atoms with Crippen molar-refractivity contribution >= 4 is 0 Å². The Hall–Kier alpha value is -2.04. The summed E-state index contributed by atoms with van der Waals surface area (Å²) in [6.07, 6.45) is 1.19. The monoisotopic (exact) mass is 327 g/mol. The van der Waals surface area contributed by atoms with Gasteiger partial charge in [0.05, 0.1) is 20.8 Å². The van der Waals surface area contributed by atoms with E-state index >= 15 is 0 Å². The smallest absolute Gasteiger partial charge is 0.124 e. The Bertz CT molecular complexity index is 686. The van der Waals surface area contributed by atoms with E-state index in [0.717, 1.165) is 30.2 Å². The van der Waals surface area contributed by atoms with Crippen molar-refractivity contribution in [3.05, 3.63) is 59.2 Å². The first-order valence-corrected chi connectivity index (χ1v) is 8.28. The number of nitrogens with zero attached hydrogens (tertiary/aromatic N) is 1. The van der Waals surface area contributed by atoms with Crippen LogP contribution < -0.4 is 9.47 Å². The van der Waals surface area contributed by atoms with Crippen molar-refractivity contribution in [3.63, 3.8) is 0 Å². The lowest BCUT2D eigenvalue weighted by Gasteiger charge is -2.41. The Morgan fingerprint density at radius 3 is 2.58 bits per heavy atom. The summed E-state index contributed by atoms with van der Waals surface area (Å²) in [5.41, 5.74) is 3.71. The number of benzene rings is 2. The summed E-state index contributed by atoms with van der Waals surface area (Å²) in [4.78, 5) is 2.49. The van der Waals surface area contributed by atoms with Crippen molar-refractivity contribution in [2.75, 3.05) is 27.9 Å². The Labute approximate surface area is 144 Å². The second kappa shape index (κ2) is 7.69. The molecule has 1 atom stereocenters. The van der Waals surface area contributed by atoms with Gasteiger partial charge in [0.1, 0.15) is 11.5 Å². The van der Waals surface area contributed by atoms with Crippen molar-refractivity contribution in [2.45, 2.75) is 25.6 Å². The largest absolute Gasteiger partial charge is 0.497 e. The van der Waals surface area contributed by atoms with Gasteiger partial charge in [-0.05, 0) is 41.8 Å². The maximum Gasteiger partial charge on any atom is 0.124 e. The fraction of sp³-hybridized carbons (Fsp3) is 0.400. The summed E-state index contributed by atoms with van der Waals surface area (Å²) in [6.45, 7) is 2.62. The average molecular weight is 327 g/mol. The predicted molar refractivity (Wildman–Crippen MR) is 94.5 cm³/mol. The molecule has 0 radical (unpaired) electrons. The maximum absolute atomic E-state index is 5.41. The molecule has 0 amide bonds. The van der Waals surface area contributed by atoms with Gasteiger partial charge >= 0.3 is 0 Å². The molecule has 1 heterocycles. The first-order valence-electron chi connectivity index (χ1n) is 8.28. The number of methoxy groups -OCH3 is 3. The van der Waals surface area contributed by atoms with Crippen molar-refractivity contribution < 1.29 is 14.2 Å². The maximum atomic E-state index is 5.41. The van der Waals surface area contributed by atoms with Crippen molar-refractivity contribution in [1.82, 2.24) is 4.90 Å². The van der Waals surface area contributed by atoms with Gasteiger partial charge in [0.25, 0.3) is 0 Å². The van der Waals surface area contributed by atoms with E-state index in [-0.39, 0.29) is 0 Å². The number of ether oxygens (including phenoxy) is 3. The zero-order valence-corrected chi connectivity index (χ0v) is 14.6. The van der Waals surface area contributed by atoms with E-state index < -0.39 is 0 Å². The van der Waals surface area contributed by atoms with Crippen LogP contribution in [0.5, 0.6) is 11.5 Å². The topological polar surface area (TPSA) is 30.9 Å². The van der Waals surface area contributed by atoms with Gasteiger partial charge in [0.2, 0.25) is 0 Å². The van der Waals surface area contributed by atoms with Gasteiger partial charge in [-0.3, -0.25) is 4.90 Å². The molecular weight excluding hydrogens is 302 g/mol. The van der Waals surface area contributed by atoms with E-state index in [2.05, 4.69) is 35.2 Å². The molecule has 0 aliphatic carbocycles. The molecule has 1 aliphatic rings. The van der Waals surface area contributed by atoms with E-state index in [1.807, 2.05) is 12.1 Å². The minimum Gasteiger partial charge on any atom is -0.497 e. The summed E-state index contributed by atoms with van der Waals surface area (Å²) in [6, 6.07) is 15.2. The average Bonchev–Trinajstić information content (AvgIpc) is 2.59. The fourth-order valence-corrected chi connectivity index (χ4v) is 3.29. The molecule has 24 heavy (non-hydrogen) atoms. The lowest BCUT2D eigenvalue weighted by Crippen LogP contribution is -2.40. The highest BCUT2D eigenvalue weighted by molar-refractivity contribution is 5.37. The summed E-state index contributed by atoms with van der Waals surface area (Å²) in [5, 5.41) is 0. The molecule has 4 nitrogen and oxygen atoms in total. The summed E-state index contributed by atoms with van der Waals surface area (Å²) in [5.74, 6) is 1.81. The minimum atomic E-state index is 0.466. The molecule has 2 aromatic rings. The zero-order chi connectivity index (χ0) is 16.9. The molecule has 1 saturated heterocycles. The van der Waals surface area contributed by atoms with Crippen LogP contribution in [-0.2, 0) is 17.9 Å². The zero-order valence-electron chi connectivity index (χ0n) is 14.6. The lowest BCUT2D eigenvalue weighted by atomic mass is 9.93. The Balaban J connectivity index is 1.73. The first kappa shape index (κ1) is 16.8. The van der Waals surface area contributed by atoms with E-state index in [9.17, 15) is 0 Å². The normalized spacial score (nSPS) is 17.4. The van der Waals surface area contributed by atoms with Crippen LogP contribution in [0.2, 0.25) is 0 Å². The van der Waals surface area contributed by atoms with Crippen molar-refractivity contribution in [1.29, 1.82) is 0 Å². The Morgan fingerprint density at radius 2 is 1.92 bits per heavy atom. The molecular formula is C20H25NO3. The third-order valence-electron chi connectivity index (χ3n) is 4.64. The van der Waals surface area contributed by atoms with Crippen LogP contribution in [0, 0.1) is 0 Å². The lowest BCUT2D eigenvalue weighted by molar-refractivity contribution is 0.0816. The van der Waals surface area contributed by atoms with Crippen LogP contribution in [0.1, 0.15) is 29.2 Å². The van der Waals surface area contributed by atoms with Crippen molar-refractivity contribution in [3.8, 4) is 11.5 Å². The van der Waals surface area contributed by atoms with Crippen LogP contribution in [0.25, 0.3) is 0 Å². The van der Waals surface area contributed by atoms with Gasteiger partial charge in [-0.25, -0.2) is 0 Å². The quantitative estimate of drug-likeness (QED) is 0.774. The molecule has 2 aromatic carbocycles. The van der Waals surface area contributed by atoms with Gasteiger partial charge in [0, 0.05) is 31.8 Å². The van der Waals surface area contributed by atoms with E-state index in [4.69, 9.17) is 14.2 Å². The van der Waals surface area contributed by atoms with Crippen LogP contribution in [-0.4, -0.2) is 32.8 Å². The molecule has 0 aromatic heterocycles. The number of rotatable bonds is 7. The number of hydrogen-bond acceptors (Lipinski definition) is 4. The highest BCUT2D eigenvalue weighted by Gasteiger charge is 2.29. The highest BCUT2D eigenvalue weighted by Crippen LogP contribution is 2.36. The molecule has 128 valence electrons. The molecule has 0 spiro atoms. The van der Waals surface area contributed by atoms with Gasteiger partial charge in [0.15, 0.2) is 0 Å². The minimum absolute atomic E-state index is 0.466. The Morgan fingerprint density at radius 1 is 1.04 bits per heavy atom. The summed E-state index contributed by atoms with van der Waals surface area (Å²) < 4.78 is 16.0. The summed E-state index contributed by atoms with van der Waals surface area (Å²) in [7, 11) is 5.12. The molecule has 1 aliphatic heterocycles. The molecule has 0 unspecified atom stereocenters. The number of hydrogen-bond donors (Lipinski definition) is 0. The van der Waals surface area contributed by atoms with Gasteiger partial charge < -0.3 is 14.2 Å². The van der Waals surface area contributed by atoms with E-state index in [1.165, 1.54) is 17.5 Å². The Kier molecular flexibility index (Phi) is 5.38. The second-order valence-corrected chi connectivity index (χ2v) is 6.13. The standard InChI is InChI=1S/C20H25NO3/c1-22-14-17-11-15(7-8-20(17)24-3)13-21-10-9-19(21)16-5-4-6-18(12-16)23-2/h4-8,11-12,19H,9-10,13-14H2,1-3H3/t19-/m1/s1. The number of likely N-dealkylation sites (tertiary alicyclic amines) is 1. The van der Waals surface area contributed by atoms with Crippen LogP contribution >= 0.6 is 0 Å². The van der Waals surface area contributed by atoms with Gasteiger partial charge in [-0.1, -0.05) is 18.2 Å². The third kappa shape index (κ3) is 3.55. The highest BCUT2D eigenvalue weighted by atomic mass is 16.5. The molecule has 4 heteroatoms. The molecule has 3 rings (SSSR count). The third-order valence-corrected chi connectivity index (χ3v) is 4.64. The van der Waals surface area contributed by atoms with E-state index in [0.29, 0.717) is 12.6 Å². The second-order valence-electron chi connectivity index (χ2n) is 6.13. The van der Waals surface area contributed by atoms with E-state index in [1.54, 1.807) is 21.3 Å². The molecule has 0 saturated carbocycles. The predicted octanol–water partition coefficient (Wildman–Crippen LogP) is 3.80. The van der Waals surface area contributed by atoms with Crippen LogP contribution in [0.4, 0.5) is 0 Å². The molecule has 1 fully saturated rings. The van der Waals surface area contributed by atoms with Gasteiger partial charge in [-0.15, -0.1) is 0 Å². The van der Waals surface area contributed by atoms with Crippen LogP contribution in [0.3, 0.4) is 0 Å². The summed E-state index contributed by atoms with van der Waals surface area (Å²) >= 11 is 0. The SMILES string of the molecule is COCc1cc(CN2CC[C@@H]2c2cccc(OC)c2)ccc1OC. The van der Waals surface area contributed by atoms with Gasteiger partial charge in [-0.2, -0.15) is 0 Å². The van der Waals surface area contributed by atoms with Crippen LogP contribution in [0.15, 0.2) is 42.5 Å². The fourth-order valence-electron chi connectivity index (χ4n) is 3.29. The molecule has 0 N–H and O–H groups in total. The first-order chi connectivity index (χ1) is 11.7.